The lowest BCUT2D eigenvalue weighted by atomic mass is 10.1. The van der Waals surface area contributed by atoms with Crippen LogP contribution in [0, 0.1) is 0 Å². The Balaban J connectivity index is 2.48. The largest absolute Gasteiger partial charge is 0.393 e. The van der Waals surface area contributed by atoms with Crippen LogP contribution < -0.4 is 0 Å². The van der Waals surface area contributed by atoms with Gasteiger partial charge in [0.2, 0.25) is 0 Å². The van der Waals surface area contributed by atoms with E-state index in [1.165, 1.54) is 10.9 Å². The van der Waals surface area contributed by atoms with Gasteiger partial charge in [0.15, 0.2) is 0 Å². The van der Waals surface area contributed by atoms with Gasteiger partial charge in [-0.25, -0.2) is 0 Å². The van der Waals surface area contributed by atoms with Crippen molar-refractivity contribution < 1.29 is 5.11 Å². The van der Waals surface area contributed by atoms with Crippen molar-refractivity contribution in [3.05, 3.63) is 36.0 Å². The Morgan fingerprint density at radius 1 is 1.38 bits per heavy atom. The minimum absolute atomic E-state index is 0.283. The fourth-order valence-corrected chi connectivity index (χ4v) is 1.64. The second-order valence-electron chi connectivity index (χ2n) is 3.41. The van der Waals surface area contributed by atoms with Gasteiger partial charge in [0.25, 0.3) is 0 Å². The molecular formula is C11H13NO. The van der Waals surface area contributed by atoms with Crippen LogP contribution in [0.3, 0.4) is 0 Å². The topological polar surface area (TPSA) is 36.0 Å². The zero-order valence-corrected chi connectivity index (χ0v) is 7.62. The molecule has 1 heterocycles. The highest BCUT2D eigenvalue weighted by Gasteiger charge is 2.03. The van der Waals surface area contributed by atoms with Crippen molar-refractivity contribution in [1.29, 1.82) is 0 Å². The van der Waals surface area contributed by atoms with Crippen LogP contribution in [0.4, 0.5) is 0 Å². The molecule has 1 aromatic carbocycles. The number of para-hydroxylation sites is 1. The number of hydrogen-bond donors (Lipinski definition) is 2. The van der Waals surface area contributed by atoms with E-state index in [1.807, 2.05) is 31.3 Å². The zero-order valence-electron chi connectivity index (χ0n) is 7.62. The molecule has 2 nitrogen and oxygen atoms in total. The van der Waals surface area contributed by atoms with Crippen LogP contribution in [0.2, 0.25) is 0 Å². The average molecular weight is 175 g/mol. The third-order valence-corrected chi connectivity index (χ3v) is 2.19. The minimum atomic E-state index is -0.283. The van der Waals surface area contributed by atoms with Crippen molar-refractivity contribution >= 4 is 10.9 Å². The highest BCUT2D eigenvalue weighted by Crippen LogP contribution is 2.17. The summed E-state index contributed by atoms with van der Waals surface area (Å²) < 4.78 is 0. The summed E-state index contributed by atoms with van der Waals surface area (Å²) in [5.74, 6) is 0. The highest BCUT2D eigenvalue weighted by molar-refractivity contribution is 5.82. The van der Waals surface area contributed by atoms with Crippen LogP contribution in [0.5, 0.6) is 0 Å². The van der Waals surface area contributed by atoms with E-state index in [4.69, 9.17) is 0 Å². The smallest absolute Gasteiger partial charge is 0.0553 e. The predicted octanol–water partition coefficient (Wildman–Crippen LogP) is 2.09. The minimum Gasteiger partial charge on any atom is -0.393 e. The van der Waals surface area contributed by atoms with Crippen molar-refractivity contribution in [3.63, 3.8) is 0 Å². The van der Waals surface area contributed by atoms with Crippen LogP contribution >= 0.6 is 0 Å². The lowest BCUT2D eigenvalue weighted by Crippen LogP contribution is -2.04. The summed E-state index contributed by atoms with van der Waals surface area (Å²) in [7, 11) is 0. The fraction of sp³-hybridized carbons (Fsp3) is 0.273. The molecule has 0 aliphatic rings. The maximum absolute atomic E-state index is 9.29. The van der Waals surface area contributed by atoms with Crippen LogP contribution in [0.15, 0.2) is 30.5 Å². The average Bonchev–Trinajstić information content (AvgIpc) is 2.51. The zero-order chi connectivity index (χ0) is 9.26. The van der Waals surface area contributed by atoms with Crippen molar-refractivity contribution in [2.45, 2.75) is 19.4 Å². The first kappa shape index (κ1) is 8.32. The van der Waals surface area contributed by atoms with Crippen molar-refractivity contribution in [2.24, 2.45) is 0 Å². The number of aromatic amines is 1. The molecule has 2 rings (SSSR count). The first-order valence-corrected chi connectivity index (χ1v) is 4.50. The second kappa shape index (κ2) is 3.23. The van der Waals surface area contributed by atoms with Gasteiger partial charge >= 0.3 is 0 Å². The molecule has 13 heavy (non-hydrogen) atoms. The Labute approximate surface area is 77.2 Å². The predicted molar refractivity (Wildman–Crippen MR) is 53.7 cm³/mol. The second-order valence-corrected chi connectivity index (χ2v) is 3.41. The number of H-pyrrole nitrogens is 1. The van der Waals surface area contributed by atoms with Crippen LogP contribution in [-0.4, -0.2) is 16.2 Å². The van der Waals surface area contributed by atoms with Gasteiger partial charge in [0, 0.05) is 18.1 Å². The Hall–Kier alpha value is -1.28. The summed E-state index contributed by atoms with van der Waals surface area (Å²) in [6.45, 7) is 1.81. The summed E-state index contributed by atoms with van der Waals surface area (Å²) >= 11 is 0. The Kier molecular flexibility index (Phi) is 2.07. The molecule has 2 heteroatoms. The molecule has 0 bridgehead atoms. The highest BCUT2D eigenvalue weighted by atomic mass is 16.3. The first-order valence-electron chi connectivity index (χ1n) is 4.50. The van der Waals surface area contributed by atoms with Gasteiger partial charge in [-0.15, -0.1) is 0 Å². The Morgan fingerprint density at radius 3 is 3.00 bits per heavy atom. The number of rotatable bonds is 2. The molecule has 1 atom stereocenters. The summed E-state index contributed by atoms with van der Waals surface area (Å²) in [4.78, 5) is 3.18. The molecule has 0 amide bonds. The molecule has 0 saturated heterocycles. The molecule has 0 fully saturated rings. The molecule has 1 unspecified atom stereocenters. The number of aliphatic hydroxyl groups excluding tert-OH is 1. The normalized spacial score (nSPS) is 13.4. The molecule has 2 N–H and O–H groups in total. The molecule has 2 aromatic rings. The first-order chi connectivity index (χ1) is 6.27. The fourth-order valence-electron chi connectivity index (χ4n) is 1.64. The maximum atomic E-state index is 9.29. The van der Waals surface area contributed by atoms with Gasteiger partial charge < -0.3 is 10.1 Å². The van der Waals surface area contributed by atoms with E-state index >= 15 is 0 Å². The molecule has 68 valence electrons. The van der Waals surface area contributed by atoms with Gasteiger partial charge in [-0.2, -0.15) is 0 Å². The summed E-state index contributed by atoms with van der Waals surface area (Å²) in [5.41, 5.74) is 2.32. The van der Waals surface area contributed by atoms with E-state index in [0.717, 1.165) is 5.52 Å². The third-order valence-electron chi connectivity index (χ3n) is 2.19. The lowest BCUT2D eigenvalue weighted by molar-refractivity contribution is 0.196. The quantitative estimate of drug-likeness (QED) is 0.720. The molecule has 0 spiro atoms. The number of nitrogens with one attached hydrogen (secondary N) is 1. The van der Waals surface area contributed by atoms with Crippen molar-refractivity contribution in [1.82, 2.24) is 4.98 Å². The SMILES string of the molecule is CC(O)Cc1cccc2cc[nH]c12. The lowest BCUT2D eigenvalue weighted by Gasteiger charge is -2.05. The van der Waals surface area contributed by atoms with Gasteiger partial charge in [-0.3, -0.25) is 0 Å². The van der Waals surface area contributed by atoms with E-state index in [1.54, 1.807) is 0 Å². The van der Waals surface area contributed by atoms with E-state index in [-0.39, 0.29) is 6.10 Å². The summed E-state index contributed by atoms with van der Waals surface area (Å²) in [5, 5.41) is 10.5. The molecular weight excluding hydrogens is 162 g/mol. The number of fused-ring (bicyclic) bond motifs is 1. The van der Waals surface area contributed by atoms with Gasteiger partial charge in [0.1, 0.15) is 0 Å². The standard InChI is InChI=1S/C11H13NO/c1-8(13)7-10-4-2-3-9-5-6-12-11(9)10/h2-6,8,12-13H,7H2,1H3. The summed E-state index contributed by atoms with van der Waals surface area (Å²) in [6.07, 6.45) is 2.35. The number of aliphatic hydroxyl groups is 1. The maximum Gasteiger partial charge on any atom is 0.0553 e. The summed E-state index contributed by atoms with van der Waals surface area (Å²) in [6, 6.07) is 8.18. The van der Waals surface area contributed by atoms with E-state index < -0.39 is 0 Å². The van der Waals surface area contributed by atoms with E-state index in [2.05, 4.69) is 11.1 Å². The molecule has 0 saturated carbocycles. The molecule has 1 aromatic heterocycles. The van der Waals surface area contributed by atoms with E-state index in [9.17, 15) is 5.11 Å². The van der Waals surface area contributed by atoms with Crippen molar-refractivity contribution in [2.75, 3.05) is 0 Å². The molecule has 0 aliphatic carbocycles. The monoisotopic (exact) mass is 175 g/mol. The third kappa shape index (κ3) is 1.58. The van der Waals surface area contributed by atoms with Crippen LogP contribution in [0.1, 0.15) is 12.5 Å². The van der Waals surface area contributed by atoms with Crippen LogP contribution in [-0.2, 0) is 6.42 Å². The molecule has 0 radical (unpaired) electrons. The van der Waals surface area contributed by atoms with E-state index in [0.29, 0.717) is 6.42 Å². The van der Waals surface area contributed by atoms with Crippen LogP contribution in [0.25, 0.3) is 10.9 Å². The number of hydrogen-bond acceptors (Lipinski definition) is 1. The van der Waals surface area contributed by atoms with Gasteiger partial charge in [0.05, 0.1) is 6.10 Å². The number of benzene rings is 1. The van der Waals surface area contributed by atoms with Gasteiger partial charge in [-0.1, -0.05) is 18.2 Å². The number of aromatic nitrogens is 1. The Morgan fingerprint density at radius 2 is 2.23 bits per heavy atom. The van der Waals surface area contributed by atoms with Crippen molar-refractivity contribution in [3.8, 4) is 0 Å². The Bertz CT molecular complexity index is 403. The van der Waals surface area contributed by atoms with Gasteiger partial charge in [-0.05, 0) is 23.9 Å². The molecule has 0 aliphatic heterocycles.